The van der Waals surface area contributed by atoms with Crippen LogP contribution in [-0.2, 0) is 0 Å². The van der Waals surface area contributed by atoms with Crippen LogP contribution in [-0.4, -0.2) is 37.1 Å². The Bertz CT molecular complexity index is 440. The number of hydrogen-bond acceptors (Lipinski definition) is 3. The van der Waals surface area contributed by atoms with Crippen LogP contribution in [0, 0.1) is 12.8 Å². The molecule has 0 bridgehead atoms. The highest BCUT2D eigenvalue weighted by atomic mass is 15.2. The SMILES string of the molecule is Cc1cc(N(C)C)ncc1[C@@H]1CCCCN1CC(C)C. The number of likely N-dealkylation sites (tertiary alicyclic amines) is 1. The molecule has 0 amide bonds. The molecule has 0 N–H and O–H groups in total. The third kappa shape index (κ3) is 3.51. The van der Waals surface area contributed by atoms with Crippen molar-refractivity contribution < 1.29 is 0 Å². The number of anilines is 1. The number of piperidine rings is 1. The molecule has 1 atom stereocenters. The summed E-state index contributed by atoms with van der Waals surface area (Å²) in [5, 5.41) is 0. The van der Waals surface area contributed by atoms with E-state index in [0.717, 1.165) is 11.7 Å². The second-order valence-corrected chi connectivity index (χ2v) is 6.69. The Hall–Kier alpha value is -1.09. The minimum Gasteiger partial charge on any atom is -0.363 e. The van der Waals surface area contributed by atoms with Crippen molar-refractivity contribution in [1.82, 2.24) is 9.88 Å². The first kappa shape index (κ1) is 15.3. The molecule has 2 heterocycles. The van der Waals surface area contributed by atoms with Crippen LogP contribution in [0.25, 0.3) is 0 Å². The van der Waals surface area contributed by atoms with Crippen molar-refractivity contribution in [3.8, 4) is 0 Å². The van der Waals surface area contributed by atoms with E-state index in [4.69, 9.17) is 0 Å². The molecular formula is C17H29N3. The van der Waals surface area contributed by atoms with Gasteiger partial charge >= 0.3 is 0 Å². The fourth-order valence-electron chi connectivity index (χ4n) is 3.18. The van der Waals surface area contributed by atoms with Gasteiger partial charge in [-0.2, -0.15) is 0 Å². The topological polar surface area (TPSA) is 19.4 Å². The monoisotopic (exact) mass is 275 g/mol. The second kappa shape index (κ2) is 6.57. The Labute approximate surface area is 124 Å². The normalized spacial score (nSPS) is 20.4. The van der Waals surface area contributed by atoms with Gasteiger partial charge < -0.3 is 4.90 Å². The van der Waals surface area contributed by atoms with Crippen LogP contribution in [0.5, 0.6) is 0 Å². The largest absolute Gasteiger partial charge is 0.363 e. The summed E-state index contributed by atoms with van der Waals surface area (Å²) in [6, 6.07) is 2.78. The molecule has 1 aliphatic heterocycles. The molecule has 1 saturated heterocycles. The average molecular weight is 275 g/mol. The molecule has 1 aliphatic rings. The van der Waals surface area contributed by atoms with Crippen molar-refractivity contribution >= 4 is 5.82 Å². The lowest BCUT2D eigenvalue weighted by Crippen LogP contribution is -2.36. The molecule has 112 valence electrons. The molecule has 1 aromatic heterocycles. The number of rotatable bonds is 4. The van der Waals surface area contributed by atoms with E-state index in [1.54, 1.807) is 0 Å². The number of aromatic nitrogens is 1. The first-order valence-electron chi connectivity index (χ1n) is 7.87. The molecule has 0 aromatic carbocycles. The minimum atomic E-state index is 0.565. The third-order valence-corrected chi connectivity index (χ3v) is 4.17. The zero-order valence-corrected chi connectivity index (χ0v) is 13.7. The Morgan fingerprint density at radius 3 is 2.70 bits per heavy atom. The van der Waals surface area contributed by atoms with E-state index in [1.165, 1.54) is 43.5 Å². The van der Waals surface area contributed by atoms with Gasteiger partial charge in [0.2, 0.25) is 0 Å². The van der Waals surface area contributed by atoms with E-state index in [2.05, 4.69) is 47.8 Å². The van der Waals surface area contributed by atoms with E-state index >= 15 is 0 Å². The highest BCUT2D eigenvalue weighted by Gasteiger charge is 2.25. The van der Waals surface area contributed by atoms with Gasteiger partial charge in [0, 0.05) is 32.9 Å². The molecule has 3 nitrogen and oxygen atoms in total. The number of hydrogen-bond donors (Lipinski definition) is 0. The molecule has 1 fully saturated rings. The Morgan fingerprint density at radius 1 is 1.35 bits per heavy atom. The van der Waals surface area contributed by atoms with Crippen LogP contribution in [0.1, 0.15) is 50.3 Å². The van der Waals surface area contributed by atoms with Crippen LogP contribution in [0.3, 0.4) is 0 Å². The van der Waals surface area contributed by atoms with Gasteiger partial charge in [0.15, 0.2) is 0 Å². The summed E-state index contributed by atoms with van der Waals surface area (Å²) in [5.74, 6) is 1.78. The number of pyridine rings is 1. The summed E-state index contributed by atoms with van der Waals surface area (Å²) in [6.07, 6.45) is 6.06. The second-order valence-electron chi connectivity index (χ2n) is 6.69. The smallest absolute Gasteiger partial charge is 0.128 e. The van der Waals surface area contributed by atoms with Gasteiger partial charge in [0.1, 0.15) is 5.82 Å². The van der Waals surface area contributed by atoms with Crippen LogP contribution < -0.4 is 4.90 Å². The van der Waals surface area contributed by atoms with Crippen LogP contribution in [0.2, 0.25) is 0 Å². The van der Waals surface area contributed by atoms with Crippen LogP contribution in [0.4, 0.5) is 5.82 Å². The molecule has 2 rings (SSSR count). The zero-order valence-electron chi connectivity index (χ0n) is 13.7. The van der Waals surface area contributed by atoms with Crippen molar-refractivity contribution in [1.29, 1.82) is 0 Å². The van der Waals surface area contributed by atoms with Crippen molar-refractivity contribution in [2.45, 2.75) is 46.1 Å². The quantitative estimate of drug-likeness (QED) is 0.836. The van der Waals surface area contributed by atoms with Gasteiger partial charge in [-0.3, -0.25) is 4.90 Å². The molecule has 3 heteroatoms. The maximum atomic E-state index is 4.63. The van der Waals surface area contributed by atoms with Crippen LogP contribution in [0.15, 0.2) is 12.3 Å². The Kier molecular flexibility index (Phi) is 5.03. The maximum absolute atomic E-state index is 4.63. The Balaban J connectivity index is 2.23. The maximum Gasteiger partial charge on any atom is 0.128 e. The highest BCUT2D eigenvalue weighted by Crippen LogP contribution is 2.33. The van der Waals surface area contributed by atoms with Crippen LogP contribution >= 0.6 is 0 Å². The van der Waals surface area contributed by atoms with Gasteiger partial charge in [-0.25, -0.2) is 4.98 Å². The summed E-state index contributed by atoms with van der Waals surface area (Å²) >= 11 is 0. The molecule has 0 spiro atoms. The molecule has 20 heavy (non-hydrogen) atoms. The molecule has 0 saturated carbocycles. The summed E-state index contributed by atoms with van der Waals surface area (Å²) in [5.41, 5.74) is 2.81. The van der Waals surface area contributed by atoms with E-state index in [9.17, 15) is 0 Å². The van der Waals surface area contributed by atoms with E-state index in [1.807, 2.05) is 14.1 Å². The van der Waals surface area contributed by atoms with Gasteiger partial charge in [-0.15, -0.1) is 0 Å². The first-order valence-corrected chi connectivity index (χ1v) is 7.87. The summed E-state index contributed by atoms with van der Waals surface area (Å²) in [7, 11) is 4.10. The molecule has 0 aliphatic carbocycles. The molecule has 0 unspecified atom stereocenters. The fourth-order valence-corrected chi connectivity index (χ4v) is 3.18. The average Bonchev–Trinajstić information content (AvgIpc) is 2.39. The van der Waals surface area contributed by atoms with E-state index in [-0.39, 0.29) is 0 Å². The Morgan fingerprint density at radius 2 is 2.10 bits per heavy atom. The van der Waals surface area contributed by atoms with Gasteiger partial charge in [-0.05, 0) is 49.4 Å². The van der Waals surface area contributed by atoms with E-state index in [0.29, 0.717) is 6.04 Å². The molecule has 0 radical (unpaired) electrons. The predicted molar refractivity (Wildman–Crippen MR) is 86.3 cm³/mol. The van der Waals surface area contributed by atoms with E-state index < -0.39 is 0 Å². The molecular weight excluding hydrogens is 246 g/mol. The first-order chi connectivity index (χ1) is 9.49. The summed E-state index contributed by atoms with van der Waals surface area (Å²) in [6.45, 7) is 9.28. The number of aryl methyl sites for hydroxylation is 1. The fraction of sp³-hybridized carbons (Fsp3) is 0.706. The van der Waals surface area contributed by atoms with Crippen molar-refractivity contribution in [2.24, 2.45) is 5.92 Å². The minimum absolute atomic E-state index is 0.565. The van der Waals surface area contributed by atoms with Gasteiger partial charge in [0.25, 0.3) is 0 Å². The lowest BCUT2D eigenvalue weighted by atomic mass is 9.92. The highest BCUT2D eigenvalue weighted by molar-refractivity contribution is 5.42. The molecule has 1 aromatic rings. The summed E-state index contributed by atoms with van der Waals surface area (Å²) < 4.78 is 0. The lowest BCUT2D eigenvalue weighted by Gasteiger charge is -2.37. The van der Waals surface area contributed by atoms with Gasteiger partial charge in [-0.1, -0.05) is 20.3 Å². The zero-order chi connectivity index (χ0) is 14.7. The van der Waals surface area contributed by atoms with Gasteiger partial charge in [0.05, 0.1) is 0 Å². The predicted octanol–water partition coefficient (Wildman–Crippen LogP) is 3.64. The van der Waals surface area contributed by atoms with Crippen molar-refractivity contribution in [2.75, 3.05) is 32.1 Å². The number of nitrogens with zero attached hydrogens (tertiary/aromatic N) is 3. The third-order valence-electron chi connectivity index (χ3n) is 4.17. The standard InChI is InChI=1S/C17H29N3/c1-13(2)12-20-9-7-6-8-16(20)15-11-18-17(19(4)5)10-14(15)3/h10-11,13,16H,6-9,12H2,1-5H3/t16-/m0/s1. The summed E-state index contributed by atoms with van der Waals surface area (Å²) in [4.78, 5) is 9.36. The van der Waals surface area contributed by atoms with Crippen molar-refractivity contribution in [3.63, 3.8) is 0 Å². The lowest BCUT2D eigenvalue weighted by molar-refractivity contribution is 0.131. The van der Waals surface area contributed by atoms with Crippen molar-refractivity contribution in [3.05, 3.63) is 23.4 Å².